The fourth-order valence-corrected chi connectivity index (χ4v) is 2.08. The highest BCUT2D eigenvalue weighted by molar-refractivity contribution is 6.32. The van der Waals surface area contributed by atoms with Crippen molar-refractivity contribution in [3.63, 3.8) is 0 Å². The van der Waals surface area contributed by atoms with Crippen LogP contribution in [0.3, 0.4) is 0 Å². The maximum Gasteiger partial charge on any atom is 0.243 e. The van der Waals surface area contributed by atoms with Crippen molar-refractivity contribution in [2.45, 2.75) is 12.8 Å². The van der Waals surface area contributed by atoms with Crippen molar-refractivity contribution >= 4 is 35.0 Å². The highest BCUT2D eigenvalue weighted by Gasteiger charge is 2.39. The molecule has 2 saturated heterocycles. The summed E-state index contributed by atoms with van der Waals surface area (Å²) in [6.07, 6.45) is -0.348. The quantitative estimate of drug-likeness (QED) is 0.592. The van der Waals surface area contributed by atoms with Gasteiger partial charge in [-0.1, -0.05) is 0 Å². The highest BCUT2D eigenvalue weighted by Crippen LogP contribution is 2.34. The van der Waals surface area contributed by atoms with Crippen LogP contribution in [0.15, 0.2) is 18.2 Å². The van der Waals surface area contributed by atoms with Crippen LogP contribution in [-0.2, 0) is 19.2 Å². The summed E-state index contributed by atoms with van der Waals surface area (Å²) in [5.41, 5.74) is 0.313. The van der Waals surface area contributed by atoms with E-state index in [1.807, 2.05) is 0 Å². The molecule has 4 amide bonds. The van der Waals surface area contributed by atoms with Crippen molar-refractivity contribution in [2.24, 2.45) is 0 Å². The number of phenolic OH excluding ortho intramolecular Hbond substituents is 1. The fourth-order valence-electron chi connectivity index (χ4n) is 2.08. The predicted molar refractivity (Wildman–Crippen MR) is 62.3 cm³/mol. The van der Waals surface area contributed by atoms with Gasteiger partial charge in [-0.2, -0.15) is 0 Å². The minimum Gasteiger partial charge on any atom is -0.508 e. The molecule has 2 aliphatic rings. The second kappa shape index (κ2) is 3.64. The Morgan fingerprint density at radius 3 is 1.42 bits per heavy atom. The molecule has 19 heavy (non-hydrogen) atoms. The van der Waals surface area contributed by atoms with Gasteiger partial charge in [0.15, 0.2) is 0 Å². The third-order valence-corrected chi connectivity index (χ3v) is 3.01. The van der Waals surface area contributed by atoms with Crippen LogP contribution in [0, 0.1) is 0 Å². The summed E-state index contributed by atoms with van der Waals surface area (Å²) >= 11 is 0. The molecule has 0 aliphatic carbocycles. The van der Waals surface area contributed by atoms with Crippen LogP contribution in [0.4, 0.5) is 11.4 Å². The molecule has 1 aromatic carbocycles. The lowest BCUT2D eigenvalue weighted by molar-refractivity contribution is -0.138. The first-order valence-electron chi connectivity index (χ1n) is 5.53. The monoisotopic (exact) mass is 260 g/mol. The number of hydrogen-bond donors (Lipinski definition) is 1. The molecule has 1 aromatic rings. The zero-order valence-corrected chi connectivity index (χ0v) is 9.62. The molecule has 0 radical (unpaired) electrons. The molecule has 2 aliphatic heterocycles. The smallest absolute Gasteiger partial charge is 0.243 e. The van der Waals surface area contributed by atoms with Crippen LogP contribution in [0.25, 0.3) is 0 Å². The minimum absolute atomic E-state index is 0.156. The molecule has 0 aromatic heterocycles. The number of nitrogens with zero attached hydrogens (tertiary/aromatic N) is 2. The van der Waals surface area contributed by atoms with E-state index in [0.717, 1.165) is 9.80 Å². The van der Waals surface area contributed by atoms with E-state index in [0.29, 0.717) is 0 Å². The fraction of sp³-hybridized carbons (Fsp3) is 0.167. The summed E-state index contributed by atoms with van der Waals surface area (Å²) in [6.45, 7) is 0. The standard InChI is InChI=1S/C12H8N2O5/c15-8-2-6(13-9(16)4-10(13)17)1-7(3-8)14-11(18)5-12(14)19/h1-3,15H,4-5H2. The summed E-state index contributed by atoms with van der Waals surface area (Å²) in [6, 6.07) is 3.81. The largest absolute Gasteiger partial charge is 0.508 e. The lowest BCUT2D eigenvalue weighted by Gasteiger charge is -2.31. The summed E-state index contributed by atoms with van der Waals surface area (Å²) in [5, 5.41) is 9.58. The zero-order chi connectivity index (χ0) is 13.7. The number of benzene rings is 1. The first-order valence-corrected chi connectivity index (χ1v) is 5.53. The number of phenols is 1. The first kappa shape index (κ1) is 11.4. The molecule has 96 valence electrons. The van der Waals surface area contributed by atoms with Crippen molar-refractivity contribution in [1.82, 2.24) is 0 Å². The van der Waals surface area contributed by atoms with Crippen LogP contribution in [-0.4, -0.2) is 28.7 Å². The van der Waals surface area contributed by atoms with Gasteiger partial charge in [-0.05, 0) is 6.07 Å². The molecule has 0 bridgehead atoms. The summed E-state index contributed by atoms with van der Waals surface area (Å²) in [7, 11) is 0. The van der Waals surface area contributed by atoms with Gasteiger partial charge in [-0.25, -0.2) is 9.80 Å². The Bertz CT molecular complexity index is 571. The van der Waals surface area contributed by atoms with E-state index >= 15 is 0 Å². The van der Waals surface area contributed by atoms with E-state index in [2.05, 4.69) is 0 Å². The lowest BCUT2D eigenvalue weighted by atomic mass is 10.1. The van der Waals surface area contributed by atoms with Gasteiger partial charge in [0.2, 0.25) is 23.6 Å². The van der Waals surface area contributed by atoms with Crippen molar-refractivity contribution < 1.29 is 24.3 Å². The van der Waals surface area contributed by atoms with Gasteiger partial charge in [0.05, 0.1) is 11.4 Å². The van der Waals surface area contributed by atoms with Gasteiger partial charge < -0.3 is 5.11 Å². The Kier molecular flexibility index (Phi) is 2.19. The number of hydrogen-bond acceptors (Lipinski definition) is 5. The Morgan fingerprint density at radius 2 is 1.11 bits per heavy atom. The summed E-state index contributed by atoms with van der Waals surface area (Å²) in [5.74, 6) is -1.77. The summed E-state index contributed by atoms with van der Waals surface area (Å²) in [4.78, 5) is 47.1. The molecular weight excluding hydrogens is 252 g/mol. The third-order valence-electron chi connectivity index (χ3n) is 3.01. The second-order valence-electron chi connectivity index (χ2n) is 4.31. The van der Waals surface area contributed by atoms with Crippen molar-refractivity contribution in [3.8, 4) is 5.75 Å². The Hall–Kier alpha value is -2.70. The summed E-state index contributed by atoms with van der Waals surface area (Å²) < 4.78 is 0. The van der Waals surface area contributed by atoms with Crippen molar-refractivity contribution in [2.75, 3.05) is 9.80 Å². The molecule has 2 fully saturated rings. The van der Waals surface area contributed by atoms with Gasteiger partial charge in [-0.3, -0.25) is 19.2 Å². The molecule has 7 heteroatoms. The number of anilines is 2. The van der Waals surface area contributed by atoms with Gasteiger partial charge in [0.1, 0.15) is 18.6 Å². The van der Waals surface area contributed by atoms with Gasteiger partial charge in [0.25, 0.3) is 0 Å². The van der Waals surface area contributed by atoms with E-state index in [1.54, 1.807) is 0 Å². The molecular formula is C12H8N2O5. The zero-order valence-electron chi connectivity index (χ0n) is 9.62. The molecule has 0 atom stereocenters. The predicted octanol–water partition coefficient (Wildman–Crippen LogP) is -0.0812. The van der Waals surface area contributed by atoms with E-state index in [1.165, 1.54) is 18.2 Å². The number of carbonyl (C=O) groups excluding carboxylic acids is 4. The number of imide groups is 2. The van der Waals surface area contributed by atoms with Crippen LogP contribution in [0.2, 0.25) is 0 Å². The molecule has 0 spiro atoms. The van der Waals surface area contributed by atoms with Gasteiger partial charge in [-0.15, -0.1) is 0 Å². The molecule has 1 N–H and O–H groups in total. The number of carbonyl (C=O) groups is 4. The minimum atomic E-state index is -0.386. The van der Waals surface area contributed by atoms with Gasteiger partial charge >= 0.3 is 0 Å². The molecule has 7 nitrogen and oxygen atoms in total. The van der Waals surface area contributed by atoms with E-state index in [4.69, 9.17) is 0 Å². The average Bonchev–Trinajstić information content (AvgIpc) is 2.27. The maximum atomic E-state index is 11.3. The van der Waals surface area contributed by atoms with E-state index in [9.17, 15) is 24.3 Å². The number of rotatable bonds is 2. The maximum absolute atomic E-state index is 11.3. The van der Waals surface area contributed by atoms with Crippen molar-refractivity contribution in [1.29, 1.82) is 0 Å². The second-order valence-corrected chi connectivity index (χ2v) is 4.31. The number of aromatic hydroxyl groups is 1. The first-order chi connectivity index (χ1) is 8.97. The molecule has 2 heterocycles. The van der Waals surface area contributed by atoms with E-state index in [-0.39, 0.29) is 53.6 Å². The lowest BCUT2D eigenvalue weighted by Crippen LogP contribution is -2.50. The SMILES string of the molecule is O=C1CC(=O)N1c1cc(O)cc(N2C(=O)CC2=O)c1. The Balaban J connectivity index is 2.01. The normalized spacial score (nSPS) is 18.5. The van der Waals surface area contributed by atoms with E-state index < -0.39 is 0 Å². The topological polar surface area (TPSA) is 95.0 Å². The third kappa shape index (κ3) is 1.59. The van der Waals surface area contributed by atoms with Gasteiger partial charge in [0, 0.05) is 12.1 Å². The highest BCUT2D eigenvalue weighted by atomic mass is 16.3. The van der Waals surface area contributed by atoms with Crippen LogP contribution < -0.4 is 9.80 Å². The Labute approximate surface area is 107 Å². The molecule has 3 rings (SSSR count). The average molecular weight is 260 g/mol. The Morgan fingerprint density at radius 1 is 0.737 bits per heavy atom. The van der Waals surface area contributed by atoms with Crippen molar-refractivity contribution in [3.05, 3.63) is 18.2 Å². The molecule has 0 saturated carbocycles. The number of amides is 4. The number of β-lactam (4-membered cyclic amide) rings is 4. The van der Waals surface area contributed by atoms with Crippen LogP contribution in [0.5, 0.6) is 5.75 Å². The molecule has 0 unspecified atom stereocenters. The van der Waals surface area contributed by atoms with Crippen LogP contribution in [0.1, 0.15) is 12.8 Å². The van der Waals surface area contributed by atoms with Crippen LogP contribution >= 0.6 is 0 Å².